The number of rotatable bonds is 7. The molecule has 126 valence electrons. The van der Waals surface area contributed by atoms with Crippen LogP contribution < -0.4 is 5.56 Å². The molecule has 7 heteroatoms. The van der Waals surface area contributed by atoms with Gasteiger partial charge >= 0.3 is 0 Å². The molecule has 1 aromatic carbocycles. The van der Waals surface area contributed by atoms with Crippen LogP contribution in [0.5, 0.6) is 0 Å². The number of nitrogens with zero attached hydrogens (tertiary/aromatic N) is 4. The fourth-order valence-electron chi connectivity index (χ4n) is 2.54. The van der Waals surface area contributed by atoms with Crippen molar-refractivity contribution in [2.45, 2.75) is 31.7 Å². The van der Waals surface area contributed by atoms with Crippen LogP contribution in [-0.2, 0) is 11.3 Å². The molecular formula is C17H20N4O2S. The van der Waals surface area contributed by atoms with E-state index in [4.69, 9.17) is 4.74 Å². The number of allylic oxidation sites excluding steroid dienone is 1. The van der Waals surface area contributed by atoms with Crippen molar-refractivity contribution in [2.75, 3.05) is 12.4 Å². The Bertz CT molecular complexity index is 929. The molecule has 0 amide bonds. The highest BCUT2D eigenvalue weighted by Gasteiger charge is 2.15. The molecule has 0 radical (unpaired) electrons. The third kappa shape index (κ3) is 3.09. The van der Waals surface area contributed by atoms with Crippen molar-refractivity contribution in [1.29, 1.82) is 0 Å². The molecule has 0 N–H and O–H groups in total. The van der Waals surface area contributed by atoms with Gasteiger partial charge in [0, 0.05) is 12.3 Å². The number of para-hydroxylation sites is 1. The molecule has 3 aromatic rings. The highest BCUT2D eigenvalue weighted by atomic mass is 32.2. The van der Waals surface area contributed by atoms with Gasteiger partial charge in [-0.3, -0.25) is 13.8 Å². The summed E-state index contributed by atoms with van der Waals surface area (Å²) in [5, 5.41) is 9.90. The van der Waals surface area contributed by atoms with E-state index in [2.05, 4.69) is 16.8 Å². The molecule has 0 saturated heterocycles. The van der Waals surface area contributed by atoms with Crippen molar-refractivity contribution in [3.8, 4) is 0 Å². The normalized spacial score (nSPS) is 11.6. The Morgan fingerprint density at radius 3 is 2.88 bits per heavy atom. The minimum atomic E-state index is -0.0786. The Balaban J connectivity index is 2.09. The molecule has 0 bridgehead atoms. The lowest BCUT2D eigenvalue weighted by Gasteiger charge is -2.10. The summed E-state index contributed by atoms with van der Waals surface area (Å²) in [4.78, 5) is 12.7. The molecule has 6 nitrogen and oxygen atoms in total. The highest BCUT2D eigenvalue weighted by Crippen LogP contribution is 2.21. The molecule has 0 atom stereocenters. The van der Waals surface area contributed by atoms with Gasteiger partial charge in [0.15, 0.2) is 5.16 Å². The highest BCUT2D eigenvalue weighted by molar-refractivity contribution is 7.99. The molecule has 0 aliphatic carbocycles. The largest absolute Gasteiger partial charge is 0.378 e. The van der Waals surface area contributed by atoms with Crippen LogP contribution in [0.25, 0.3) is 16.7 Å². The molecule has 2 heterocycles. The molecular weight excluding hydrogens is 324 g/mol. The lowest BCUT2D eigenvalue weighted by atomic mass is 10.2. The number of fused-ring (bicyclic) bond motifs is 3. The lowest BCUT2D eigenvalue weighted by Crippen LogP contribution is -2.22. The topological polar surface area (TPSA) is 61.4 Å². The van der Waals surface area contributed by atoms with Crippen molar-refractivity contribution in [2.24, 2.45) is 0 Å². The number of hydrogen-bond acceptors (Lipinski definition) is 5. The van der Waals surface area contributed by atoms with Gasteiger partial charge in [0.1, 0.15) is 0 Å². The van der Waals surface area contributed by atoms with Gasteiger partial charge in [0.2, 0.25) is 5.78 Å². The summed E-state index contributed by atoms with van der Waals surface area (Å²) >= 11 is 1.57. The lowest BCUT2D eigenvalue weighted by molar-refractivity contribution is 0.0920. The van der Waals surface area contributed by atoms with Crippen LogP contribution >= 0.6 is 11.8 Å². The quantitative estimate of drug-likeness (QED) is 0.375. The number of hydrogen-bond donors (Lipinski definition) is 0. The van der Waals surface area contributed by atoms with Gasteiger partial charge in [-0.2, -0.15) is 0 Å². The summed E-state index contributed by atoms with van der Waals surface area (Å²) in [5.74, 6) is 1.30. The molecule has 0 saturated carbocycles. The van der Waals surface area contributed by atoms with E-state index in [9.17, 15) is 4.79 Å². The second-order valence-corrected chi connectivity index (χ2v) is 6.67. The first kappa shape index (κ1) is 16.7. The average Bonchev–Trinajstić information content (AvgIpc) is 2.99. The second-order valence-electron chi connectivity index (χ2n) is 5.61. The van der Waals surface area contributed by atoms with Gasteiger partial charge < -0.3 is 4.74 Å². The molecule has 0 aliphatic heterocycles. The van der Waals surface area contributed by atoms with E-state index in [0.29, 0.717) is 24.3 Å². The first-order valence-corrected chi connectivity index (χ1v) is 8.84. The molecule has 2 aromatic heterocycles. The van der Waals surface area contributed by atoms with E-state index in [1.807, 2.05) is 42.5 Å². The van der Waals surface area contributed by atoms with Gasteiger partial charge in [0.05, 0.1) is 23.6 Å². The maximum absolute atomic E-state index is 12.7. The summed E-state index contributed by atoms with van der Waals surface area (Å²) in [6.45, 7) is 8.79. The SMILES string of the molecule is C=CCn1c(=O)c2ccccc2n2c(SCCOC(C)C)nnc12. The predicted molar refractivity (Wildman–Crippen MR) is 96.8 cm³/mol. The predicted octanol–water partition coefficient (Wildman–Crippen LogP) is 2.75. The summed E-state index contributed by atoms with van der Waals surface area (Å²) in [6.07, 6.45) is 1.90. The Morgan fingerprint density at radius 1 is 1.33 bits per heavy atom. The monoisotopic (exact) mass is 344 g/mol. The van der Waals surface area contributed by atoms with Gasteiger partial charge in [-0.05, 0) is 26.0 Å². The smallest absolute Gasteiger partial charge is 0.263 e. The number of aromatic nitrogens is 4. The van der Waals surface area contributed by atoms with E-state index in [1.165, 1.54) is 0 Å². The maximum Gasteiger partial charge on any atom is 0.263 e. The Morgan fingerprint density at radius 2 is 2.12 bits per heavy atom. The number of ether oxygens (including phenoxy) is 1. The van der Waals surface area contributed by atoms with Gasteiger partial charge in [-0.1, -0.05) is 30.0 Å². The minimum Gasteiger partial charge on any atom is -0.378 e. The Kier molecular flexibility index (Phi) is 5.01. The van der Waals surface area contributed by atoms with E-state index in [1.54, 1.807) is 22.4 Å². The summed E-state index contributed by atoms with van der Waals surface area (Å²) in [6, 6.07) is 7.52. The zero-order valence-electron chi connectivity index (χ0n) is 13.8. The molecule has 3 rings (SSSR count). The molecule has 24 heavy (non-hydrogen) atoms. The van der Waals surface area contributed by atoms with Crippen molar-refractivity contribution in [3.63, 3.8) is 0 Å². The third-order valence-corrected chi connectivity index (χ3v) is 4.45. The fourth-order valence-corrected chi connectivity index (χ4v) is 3.31. The van der Waals surface area contributed by atoms with Crippen molar-refractivity contribution in [1.82, 2.24) is 19.2 Å². The zero-order valence-corrected chi connectivity index (χ0v) is 14.6. The van der Waals surface area contributed by atoms with Crippen molar-refractivity contribution >= 4 is 28.4 Å². The van der Waals surface area contributed by atoms with Gasteiger partial charge in [0.25, 0.3) is 5.56 Å². The van der Waals surface area contributed by atoms with Gasteiger partial charge in [-0.25, -0.2) is 0 Å². The van der Waals surface area contributed by atoms with Gasteiger partial charge in [-0.15, -0.1) is 16.8 Å². The minimum absolute atomic E-state index is 0.0786. The third-order valence-electron chi connectivity index (χ3n) is 3.56. The van der Waals surface area contributed by atoms with Crippen molar-refractivity contribution < 1.29 is 4.74 Å². The van der Waals surface area contributed by atoms with E-state index in [0.717, 1.165) is 16.4 Å². The maximum atomic E-state index is 12.7. The first-order chi connectivity index (χ1) is 11.6. The van der Waals surface area contributed by atoms with Crippen LogP contribution in [0.2, 0.25) is 0 Å². The molecule has 0 unspecified atom stereocenters. The average molecular weight is 344 g/mol. The molecule has 0 fully saturated rings. The Labute approximate surface area is 144 Å². The standard InChI is InChI=1S/C17H20N4O2S/c1-4-9-20-15(22)13-7-5-6-8-14(13)21-16(20)18-19-17(21)24-11-10-23-12(2)3/h4-8,12H,1,9-11H2,2-3H3. The second kappa shape index (κ2) is 7.19. The van der Waals surface area contributed by atoms with Crippen LogP contribution in [0.3, 0.4) is 0 Å². The summed E-state index contributed by atoms with van der Waals surface area (Å²) in [5.41, 5.74) is 0.736. The van der Waals surface area contributed by atoms with Crippen LogP contribution in [0.4, 0.5) is 0 Å². The van der Waals surface area contributed by atoms with E-state index >= 15 is 0 Å². The molecule has 0 spiro atoms. The van der Waals surface area contributed by atoms with Crippen LogP contribution in [0.15, 0.2) is 46.9 Å². The Hall–Kier alpha value is -2.12. The van der Waals surface area contributed by atoms with E-state index in [-0.39, 0.29) is 11.7 Å². The molecule has 0 aliphatic rings. The first-order valence-electron chi connectivity index (χ1n) is 7.85. The summed E-state index contributed by atoms with van der Waals surface area (Å²) in [7, 11) is 0. The van der Waals surface area contributed by atoms with Crippen LogP contribution in [-0.4, -0.2) is 37.6 Å². The van der Waals surface area contributed by atoms with E-state index < -0.39 is 0 Å². The fraction of sp³-hybridized carbons (Fsp3) is 0.353. The number of benzene rings is 1. The van der Waals surface area contributed by atoms with Crippen molar-refractivity contribution in [3.05, 3.63) is 47.3 Å². The van der Waals surface area contributed by atoms with Crippen LogP contribution in [0, 0.1) is 0 Å². The zero-order chi connectivity index (χ0) is 17.1. The number of thioether (sulfide) groups is 1. The summed E-state index contributed by atoms with van der Waals surface area (Å²) < 4.78 is 9.10. The van der Waals surface area contributed by atoms with Crippen LogP contribution in [0.1, 0.15) is 13.8 Å².